The second-order valence-corrected chi connectivity index (χ2v) is 6.55. The Hall–Kier alpha value is -0.710. The Kier molecular flexibility index (Phi) is 4.24. The van der Waals surface area contributed by atoms with Crippen molar-refractivity contribution in [3.63, 3.8) is 0 Å². The summed E-state index contributed by atoms with van der Waals surface area (Å²) in [5.74, 6) is 1.50. The third kappa shape index (κ3) is 2.69. The standard InChI is InChI=1S/C15H11Br2ClO2/c16-11-4-2-1-3-9(11)15(18)10-7-13-14(8-12(10)17)20-6-5-19-13/h1-4,7-8,15H,5-6H2. The van der Waals surface area contributed by atoms with E-state index in [-0.39, 0.29) is 5.38 Å². The van der Waals surface area contributed by atoms with Gasteiger partial charge in [-0.15, -0.1) is 11.6 Å². The van der Waals surface area contributed by atoms with E-state index in [4.69, 9.17) is 21.1 Å². The van der Waals surface area contributed by atoms with Crippen molar-refractivity contribution in [3.8, 4) is 11.5 Å². The largest absolute Gasteiger partial charge is 0.486 e. The molecule has 2 aromatic rings. The second-order valence-electron chi connectivity index (χ2n) is 4.40. The number of hydrogen-bond acceptors (Lipinski definition) is 2. The molecule has 0 saturated heterocycles. The smallest absolute Gasteiger partial charge is 0.162 e. The van der Waals surface area contributed by atoms with E-state index in [0.717, 1.165) is 31.6 Å². The first kappa shape index (κ1) is 14.2. The third-order valence-electron chi connectivity index (χ3n) is 3.11. The average molecular weight is 419 g/mol. The molecule has 20 heavy (non-hydrogen) atoms. The van der Waals surface area contributed by atoms with Gasteiger partial charge in [0.05, 0.1) is 5.38 Å². The van der Waals surface area contributed by atoms with Gasteiger partial charge in [0.25, 0.3) is 0 Å². The van der Waals surface area contributed by atoms with Crippen LogP contribution in [0.1, 0.15) is 16.5 Å². The highest BCUT2D eigenvalue weighted by atomic mass is 79.9. The Morgan fingerprint density at radius 1 is 0.900 bits per heavy atom. The van der Waals surface area contributed by atoms with Crippen LogP contribution >= 0.6 is 43.5 Å². The number of fused-ring (bicyclic) bond motifs is 1. The molecule has 0 spiro atoms. The van der Waals surface area contributed by atoms with Gasteiger partial charge in [-0.1, -0.05) is 50.1 Å². The monoisotopic (exact) mass is 416 g/mol. The summed E-state index contributed by atoms with van der Waals surface area (Å²) in [7, 11) is 0. The molecule has 0 saturated carbocycles. The minimum atomic E-state index is -0.268. The lowest BCUT2D eigenvalue weighted by molar-refractivity contribution is 0.171. The topological polar surface area (TPSA) is 18.5 Å². The van der Waals surface area contributed by atoms with Crippen molar-refractivity contribution in [1.29, 1.82) is 0 Å². The van der Waals surface area contributed by atoms with E-state index in [9.17, 15) is 0 Å². The van der Waals surface area contributed by atoms with Gasteiger partial charge in [0.2, 0.25) is 0 Å². The zero-order chi connectivity index (χ0) is 14.1. The molecule has 0 amide bonds. The van der Waals surface area contributed by atoms with Crippen molar-refractivity contribution in [2.24, 2.45) is 0 Å². The number of benzene rings is 2. The van der Waals surface area contributed by atoms with E-state index in [0.29, 0.717) is 13.2 Å². The first-order chi connectivity index (χ1) is 9.66. The van der Waals surface area contributed by atoms with E-state index in [1.54, 1.807) is 0 Å². The zero-order valence-electron chi connectivity index (χ0n) is 10.4. The summed E-state index contributed by atoms with van der Waals surface area (Å²) >= 11 is 13.7. The number of ether oxygens (including phenoxy) is 2. The number of alkyl halides is 1. The molecule has 0 N–H and O–H groups in total. The molecular weight excluding hydrogens is 407 g/mol. The van der Waals surface area contributed by atoms with Crippen molar-refractivity contribution in [3.05, 3.63) is 56.5 Å². The van der Waals surface area contributed by atoms with Gasteiger partial charge < -0.3 is 9.47 Å². The highest BCUT2D eigenvalue weighted by Gasteiger charge is 2.21. The molecule has 1 unspecified atom stereocenters. The maximum absolute atomic E-state index is 6.63. The second kappa shape index (κ2) is 5.96. The van der Waals surface area contributed by atoms with Gasteiger partial charge in [0, 0.05) is 8.95 Å². The predicted octanol–water partition coefficient (Wildman–Crippen LogP) is 5.31. The molecule has 1 aliphatic rings. The molecule has 1 heterocycles. The molecule has 2 nitrogen and oxygen atoms in total. The highest BCUT2D eigenvalue weighted by molar-refractivity contribution is 9.10. The molecule has 0 bridgehead atoms. The number of rotatable bonds is 2. The molecule has 1 aliphatic heterocycles. The molecule has 0 aromatic heterocycles. The van der Waals surface area contributed by atoms with Crippen molar-refractivity contribution in [2.75, 3.05) is 13.2 Å². The maximum Gasteiger partial charge on any atom is 0.162 e. The summed E-state index contributed by atoms with van der Waals surface area (Å²) in [5.41, 5.74) is 1.98. The van der Waals surface area contributed by atoms with E-state index in [2.05, 4.69) is 31.9 Å². The van der Waals surface area contributed by atoms with Gasteiger partial charge in [-0.05, 0) is 29.3 Å². The van der Waals surface area contributed by atoms with Gasteiger partial charge in [0.1, 0.15) is 13.2 Å². The van der Waals surface area contributed by atoms with Crippen molar-refractivity contribution in [1.82, 2.24) is 0 Å². The van der Waals surface area contributed by atoms with Gasteiger partial charge in [-0.2, -0.15) is 0 Å². The predicted molar refractivity (Wildman–Crippen MR) is 87.0 cm³/mol. The van der Waals surface area contributed by atoms with Gasteiger partial charge in [0.15, 0.2) is 11.5 Å². The van der Waals surface area contributed by atoms with Crippen LogP contribution in [0.15, 0.2) is 45.3 Å². The lowest BCUT2D eigenvalue weighted by Crippen LogP contribution is -2.15. The first-order valence-electron chi connectivity index (χ1n) is 6.14. The Bertz CT molecular complexity index is 646. The Labute approximate surface area is 139 Å². The fraction of sp³-hybridized carbons (Fsp3) is 0.200. The van der Waals surface area contributed by atoms with E-state index in [1.165, 1.54) is 0 Å². The molecular formula is C15H11Br2ClO2. The maximum atomic E-state index is 6.63. The summed E-state index contributed by atoms with van der Waals surface area (Å²) < 4.78 is 13.1. The highest BCUT2D eigenvalue weighted by Crippen LogP contribution is 2.43. The van der Waals surface area contributed by atoms with Crippen LogP contribution in [0.25, 0.3) is 0 Å². The van der Waals surface area contributed by atoms with Crippen LogP contribution in [0.2, 0.25) is 0 Å². The van der Waals surface area contributed by atoms with E-state index in [1.807, 2.05) is 36.4 Å². The summed E-state index contributed by atoms with van der Waals surface area (Å²) in [6.07, 6.45) is 0. The lowest BCUT2D eigenvalue weighted by atomic mass is 10.0. The molecule has 5 heteroatoms. The van der Waals surface area contributed by atoms with Crippen molar-refractivity contribution >= 4 is 43.5 Å². The molecule has 1 atom stereocenters. The van der Waals surface area contributed by atoms with Gasteiger partial charge in [-0.3, -0.25) is 0 Å². The van der Waals surface area contributed by atoms with E-state index >= 15 is 0 Å². The van der Waals surface area contributed by atoms with Crippen LogP contribution in [0.5, 0.6) is 11.5 Å². The van der Waals surface area contributed by atoms with Crippen LogP contribution in [0.4, 0.5) is 0 Å². The first-order valence-corrected chi connectivity index (χ1v) is 8.16. The lowest BCUT2D eigenvalue weighted by Gasteiger charge is -2.21. The summed E-state index contributed by atoms with van der Waals surface area (Å²) in [6.45, 7) is 1.14. The van der Waals surface area contributed by atoms with Crippen molar-refractivity contribution < 1.29 is 9.47 Å². The Morgan fingerprint density at radius 2 is 1.55 bits per heavy atom. The Morgan fingerprint density at radius 3 is 2.25 bits per heavy atom. The van der Waals surface area contributed by atoms with Crippen LogP contribution in [-0.2, 0) is 0 Å². The van der Waals surface area contributed by atoms with Crippen LogP contribution in [0, 0.1) is 0 Å². The SMILES string of the molecule is ClC(c1ccccc1Br)c1cc2c(cc1Br)OCCO2. The molecule has 3 rings (SSSR count). The molecule has 104 valence electrons. The van der Waals surface area contributed by atoms with Gasteiger partial charge in [-0.25, -0.2) is 0 Å². The van der Waals surface area contributed by atoms with Crippen LogP contribution in [-0.4, -0.2) is 13.2 Å². The third-order valence-corrected chi connectivity index (χ3v) is 4.99. The molecule has 2 aromatic carbocycles. The quantitative estimate of drug-likeness (QED) is 0.616. The van der Waals surface area contributed by atoms with Gasteiger partial charge >= 0.3 is 0 Å². The Balaban J connectivity index is 2.03. The van der Waals surface area contributed by atoms with E-state index < -0.39 is 0 Å². The van der Waals surface area contributed by atoms with Crippen LogP contribution in [0.3, 0.4) is 0 Å². The number of halogens is 3. The normalized spacial score (nSPS) is 14.9. The zero-order valence-corrected chi connectivity index (χ0v) is 14.3. The minimum Gasteiger partial charge on any atom is -0.486 e. The minimum absolute atomic E-state index is 0.268. The molecule has 0 radical (unpaired) electrons. The average Bonchev–Trinajstić information content (AvgIpc) is 2.46. The molecule has 0 aliphatic carbocycles. The summed E-state index contributed by atoms with van der Waals surface area (Å²) in [4.78, 5) is 0. The summed E-state index contributed by atoms with van der Waals surface area (Å²) in [6, 6.07) is 11.8. The number of hydrogen-bond donors (Lipinski definition) is 0. The fourth-order valence-corrected chi connectivity index (χ4v) is 3.82. The fourth-order valence-electron chi connectivity index (χ4n) is 2.12. The molecule has 0 fully saturated rings. The van der Waals surface area contributed by atoms with Crippen LogP contribution < -0.4 is 9.47 Å². The summed E-state index contributed by atoms with van der Waals surface area (Å²) in [5, 5.41) is -0.268. The van der Waals surface area contributed by atoms with Crippen molar-refractivity contribution in [2.45, 2.75) is 5.38 Å².